The lowest BCUT2D eigenvalue weighted by molar-refractivity contribution is -0.150. The summed E-state index contributed by atoms with van der Waals surface area (Å²) >= 11 is 0. The Morgan fingerprint density at radius 3 is 2.78 bits per heavy atom. The van der Waals surface area contributed by atoms with Crippen LogP contribution in [0.1, 0.15) is 12.8 Å². The van der Waals surface area contributed by atoms with Crippen LogP contribution in [-0.4, -0.2) is 65.1 Å². The Balaban J connectivity index is 0.00000132. The molecule has 23 heavy (non-hydrogen) atoms. The predicted molar refractivity (Wildman–Crippen MR) is 90.0 cm³/mol. The van der Waals surface area contributed by atoms with Gasteiger partial charge in [-0.15, -0.1) is 24.8 Å². The van der Waals surface area contributed by atoms with Gasteiger partial charge in [0.2, 0.25) is 0 Å². The molecular formula is C14H24Cl2N4O3. The zero-order valence-electron chi connectivity index (χ0n) is 12.9. The molecule has 1 amide bonds. The Morgan fingerprint density at radius 2 is 2.13 bits per heavy atom. The molecule has 3 atom stereocenters. The van der Waals surface area contributed by atoms with E-state index in [1.165, 1.54) is 0 Å². The smallest absolute Gasteiger partial charge is 0.251 e. The molecule has 2 aliphatic rings. The van der Waals surface area contributed by atoms with E-state index >= 15 is 0 Å². The molecule has 132 valence electrons. The maximum Gasteiger partial charge on any atom is 0.251 e. The van der Waals surface area contributed by atoms with E-state index in [0.717, 1.165) is 12.8 Å². The molecule has 0 radical (unpaired) electrons. The van der Waals surface area contributed by atoms with E-state index < -0.39 is 0 Å². The van der Waals surface area contributed by atoms with Gasteiger partial charge in [0.1, 0.15) is 6.10 Å². The average Bonchev–Trinajstić information content (AvgIpc) is 3.17. The van der Waals surface area contributed by atoms with E-state index in [4.69, 9.17) is 15.2 Å². The second kappa shape index (κ2) is 9.44. The number of morpholine rings is 1. The molecule has 1 unspecified atom stereocenters. The summed E-state index contributed by atoms with van der Waals surface area (Å²) in [6.07, 6.45) is 4.95. The minimum atomic E-state index is -0.331. The molecule has 3 rings (SSSR count). The van der Waals surface area contributed by atoms with Gasteiger partial charge in [-0.1, -0.05) is 0 Å². The van der Waals surface area contributed by atoms with Crippen molar-refractivity contribution in [2.75, 3.05) is 26.2 Å². The van der Waals surface area contributed by atoms with Gasteiger partial charge in [0.25, 0.3) is 5.91 Å². The number of amides is 1. The number of halogens is 2. The molecule has 1 aromatic heterocycles. The molecule has 0 aromatic carbocycles. The molecule has 0 spiro atoms. The molecule has 1 aromatic rings. The van der Waals surface area contributed by atoms with Crippen LogP contribution >= 0.6 is 24.8 Å². The third-order valence-corrected chi connectivity index (χ3v) is 4.05. The van der Waals surface area contributed by atoms with Gasteiger partial charge in [-0.3, -0.25) is 9.48 Å². The van der Waals surface area contributed by atoms with Gasteiger partial charge in [0, 0.05) is 32.0 Å². The first-order valence-electron chi connectivity index (χ1n) is 7.49. The third kappa shape index (κ3) is 5.06. The number of hydrogen-bond acceptors (Lipinski definition) is 5. The summed E-state index contributed by atoms with van der Waals surface area (Å²) in [5, 5.41) is 4.17. The summed E-state index contributed by atoms with van der Waals surface area (Å²) in [6, 6.07) is 1.88. The molecule has 3 heterocycles. The van der Waals surface area contributed by atoms with Crippen molar-refractivity contribution >= 4 is 30.7 Å². The summed E-state index contributed by atoms with van der Waals surface area (Å²) in [7, 11) is 0. The van der Waals surface area contributed by atoms with E-state index in [1.54, 1.807) is 6.20 Å². The van der Waals surface area contributed by atoms with Gasteiger partial charge in [-0.25, -0.2) is 0 Å². The van der Waals surface area contributed by atoms with Crippen LogP contribution in [0, 0.1) is 0 Å². The van der Waals surface area contributed by atoms with E-state index in [0.29, 0.717) is 32.8 Å². The van der Waals surface area contributed by atoms with Crippen molar-refractivity contribution in [2.45, 2.75) is 37.7 Å². The summed E-state index contributed by atoms with van der Waals surface area (Å²) in [4.78, 5) is 14.3. The highest BCUT2D eigenvalue weighted by molar-refractivity contribution is 5.85. The molecule has 2 aliphatic heterocycles. The first-order chi connectivity index (χ1) is 10.3. The summed E-state index contributed by atoms with van der Waals surface area (Å²) < 4.78 is 13.2. The number of carbonyl (C=O) groups is 1. The molecular weight excluding hydrogens is 343 g/mol. The van der Waals surface area contributed by atoms with Crippen LogP contribution in [0.5, 0.6) is 0 Å². The third-order valence-electron chi connectivity index (χ3n) is 4.05. The van der Waals surface area contributed by atoms with Gasteiger partial charge >= 0.3 is 0 Å². The van der Waals surface area contributed by atoms with E-state index in [9.17, 15) is 4.79 Å². The molecule has 0 bridgehead atoms. The number of hydrogen-bond donors (Lipinski definition) is 1. The monoisotopic (exact) mass is 366 g/mol. The molecule has 0 saturated carbocycles. The predicted octanol–water partition coefficient (Wildman–Crippen LogP) is 0.460. The number of ether oxygens (including phenoxy) is 2. The van der Waals surface area contributed by atoms with Crippen molar-refractivity contribution in [3.05, 3.63) is 18.5 Å². The number of aromatic nitrogens is 2. The van der Waals surface area contributed by atoms with Crippen LogP contribution < -0.4 is 5.73 Å². The fourth-order valence-corrected chi connectivity index (χ4v) is 2.91. The Kier molecular flexibility index (Phi) is 8.28. The van der Waals surface area contributed by atoms with Gasteiger partial charge in [-0.2, -0.15) is 5.10 Å². The number of rotatable bonds is 4. The minimum absolute atomic E-state index is 0. The lowest BCUT2D eigenvalue weighted by Crippen LogP contribution is -2.50. The van der Waals surface area contributed by atoms with Gasteiger partial charge in [0.15, 0.2) is 0 Å². The molecule has 2 N–H and O–H groups in total. The van der Waals surface area contributed by atoms with E-state index in [2.05, 4.69) is 5.10 Å². The highest BCUT2D eigenvalue weighted by Crippen LogP contribution is 2.21. The van der Waals surface area contributed by atoms with Crippen LogP contribution in [0.25, 0.3) is 0 Å². The zero-order valence-corrected chi connectivity index (χ0v) is 14.5. The fourth-order valence-electron chi connectivity index (χ4n) is 2.91. The molecule has 9 heteroatoms. The first-order valence-corrected chi connectivity index (χ1v) is 7.49. The fraction of sp³-hybridized carbons (Fsp3) is 0.714. The normalized spacial score (nSPS) is 27.2. The van der Waals surface area contributed by atoms with Crippen molar-refractivity contribution in [1.82, 2.24) is 14.7 Å². The van der Waals surface area contributed by atoms with E-state index in [-0.39, 0.29) is 49.0 Å². The van der Waals surface area contributed by atoms with Crippen molar-refractivity contribution in [3.8, 4) is 0 Å². The Bertz CT molecular complexity index is 475. The topological polar surface area (TPSA) is 82.6 Å². The number of carbonyl (C=O) groups excluding carboxylic acids is 1. The Labute approximate surface area is 148 Å². The lowest BCUT2D eigenvalue weighted by atomic mass is 10.1. The standard InChI is InChI=1S/C14H22N4O3.2ClH/c15-8-11-2-3-13(21-11)14(19)17-6-7-20-12(9-17)10-18-5-1-4-16-18;;/h1,4-5,11-13H,2-3,6-10,15H2;2*1H/t11-,12?,13+;;/m1../s1. The van der Waals surface area contributed by atoms with Gasteiger partial charge in [-0.05, 0) is 18.9 Å². The molecule has 2 fully saturated rings. The van der Waals surface area contributed by atoms with Crippen molar-refractivity contribution in [2.24, 2.45) is 5.73 Å². The quantitative estimate of drug-likeness (QED) is 0.836. The van der Waals surface area contributed by atoms with Crippen LogP contribution in [0.3, 0.4) is 0 Å². The van der Waals surface area contributed by atoms with Crippen molar-refractivity contribution < 1.29 is 14.3 Å². The number of nitrogens with two attached hydrogens (primary N) is 1. The zero-order chi connectivity index (χ0) is 14.7. The molecule has 0 aliphatic carbocycles. The lowest BCUT2D eigenvalue weighted by Gasteiger charge is -2.34. The molecule has 2 saturated heterocycles. The first kappa shape index (κ1) is 20.2. The SMILES string of the molecule is Cl.Cl.NC[C@H]1CC[C@@H](C(=O)N2CCOC(Cn3cccn3)C2)O1. The second-order valence-electron chi connectivity index (χ2n) is 5.56. The maximum absolute atomic E-state index is 12.5. The Hall–Kier alpha value is -0.860. The largest absolute Gasteiger partial charge is 0.373 e. The minimum Gasteiger partial charge on any atom is -0.373 e. The highest BCUT2D eigenvalue weighted by Gasteiger charge is 2.35. The number of nitrogens with zero attached hydrogens (tertiary/aromatic N) is 3. The van der Waals surface area contributed by atoms with E-state index in [1.807, 2.05) is 21.8 Å². The van der Waals surface area contributed by atoms with Gasteiger partial charge < -0.3 is 20.1 Å². The summed E-state index contributed by atoms with van der Waals surface area (Å²) in [6.45, 7) is 2.92. The van der Waals surface area contributed by atoms with Crippen LogP contribution in [0.15, 0.2) is 18.5 Å². The summed E-state index contributed by atoms with van der Waals surface area (Å²) in [5.74, 6) is 0.0692. The maximum atomic E-state index is 12.5. The second-order valence-corrected chi connectivity index (χ2v) is 5.56. The van der Waals surface area contributed by atoms with Crippen molar-refractivity contribution in [1.29, 1.82) is 0 Å². The summed E-state index contributed by atoms with van der Waals surface area (Å²) in [5.41, 5.74) is 5.59. The van der Waals surface area contributed by atoms with Crippen LogP contribution in [0.4, 0.5) is 0 Å². The molecule has 7 nitrogen and oxygen atoms in total. The average molecular weight is 367 g/mol. The Morgan fingerprint density at radius 1 is 1.30 bits per heavy atom. The van der Waals surface area contributed by atoms with Crippen LogP contribution in [-0.2, 0) is 20.8 Å². The van der Waals surface area contributed by atoms with Crippen LogP contribution in [0.2, 0.25) is 0 Å². The van der Waals surface area contributed by atoms with Crippen molar-refractivity contribution in [3.63, 3.8) is 0 Å². The highest BCUT2D eigenvalue weighted by atomic mass is 35.5. The van der Waals surface area contributed by atoms with Gasteiger partial charge in [0.05, 0.1) is 25.4 Å².